The maximum absolute atomic E-state index is 11.9. The summed E-state index contributed by atoms with van der Waals surface area (Å²) in [5.41, 5.74) is 6.38. The van der Waals surface area contributed by atoms with Gasteiger partial charge in [0.2, 0.25) is 5.91 Å². The van der Waals surface area contributed by atoms with Crippen LogP contribution in [0.4, 0.5) is 0 Å². The molecule has 0 saturated carbocycles. The fourth-order valence-electron chi connectivity index (χ4n) is 3.33. The van der Waals surface area contributed by atoms with Gasteiger partial charge < -0.3 is 5.32 Å². The van der Waals surface area contributed by atoms with Gasteiger partial charge in [0, 0.05) is 0 Å². The summed E-state index contributed by atoms with van der Waals surface area (Å²) >= 11 is 0. The van der Waals surface area contributed by atoms with E-state index in [2.05, 4.69) is 53.8 Å². The number of hydrogen-bond donors (Lipinski definition) is 1. The van der Waals surface area contributed by atoms with Gasteiger partial charge in [-0.1, -0.05) is 54.6 Å². The third-order valence-electron chi connectivity index (χ3n) is 4.25. The molecule has 1 amide bonds. The zero-order chi connectivity index (χ0) is 13.5. The number of nitrogens with one attached hydrogen (secondary N) is 1. The summed E-state index contributed by atoms with van der Waals surface area (Å²) in [5.74, 6) is 0.134. The van der Waals surface area contributed by atoms with E-state index in [1.54, 1.807) is 0 Å². The van der Waals surface area contributed by atoms with Crippen LogP contribution in [0.2, 0.25) is 0 Å². The van der Waals surface area contributed by atoms with Crippen LogP contribution in [0.25, 0.3) is 5.57 Å². The van der Waals surface area contributed by atoms with Crippen LogP contribution in [0, 0.1) is 0 Å². The molecule has 2 heteroatoms. The lowest BCUT2D eigenvalue weighted by atomic mass is 9.80. The van der Waals surface area contributed by atoms with Crippen molar-refractivity contribution in [3.63, 3.8) is 0 Å². The molecular weight excluding hydrogens is 246 g/mol. The average molecular weight is 261 g/mol. The fourth-order valence-corrected chi connectivity index (χ4v) is 3.33. The molecule has 2 aliphatic rings. The predicted molar refractivity (Wildman–Crippen MR) is 79.0 cm³/mol. The second-order valence-electron chi connectivity index (χ2n) is 5.42. The maximum Gasteiger partial charge on any atom is 0.224 e. The molecule has 0 aromatic heterocycles. The number of amides is 1. The second-order valence-corrected chi connectivity index (χ2v) is 5.42. The number of hydrogen-bond acceptors (Lipinski definition) is 1. The highest BCUT2D eigenvalue weighted by Gasteiger charge is 2.35. The Morgan fingerprint density at radius 1 is 0.900 bits per heavy atom. The first-order valence-electron chi connectivity index (χ1n) is 6.97. The van der Waals surface area contributed by atoms with Crippen molar-refractivity contribution >= 4 is 11.5 Å². The SMILES string of the molecule is O=C1CC2=C(c3ccccc3)Cc3ccccc3C2N1. The van der Waals surface area contributed by atoms with Crippen molar-refractivity contribution in [1.29, 1.82) is 0 Å². The third kappa shape index (κ3) is 1.68. The van der Waals surface area contributed by atoms with Gasteiger partial charge in [-0.15, -0.1) is 0 Å². The first-order valence-corrected chi connectivity index (χ1v) is 6.97. The van der Waals surface area contributed by atoms with Crippen LogP contribution in [0.15, 0.2) is 60.2 Å². The van der Waals surface area contributed by atoms with Gasteiger partial charge in [0.15, 0.2) is 0 Å². The lowest BCUT2D eigenvalue weighted by molar-refractivity contribution is -0.119. The van der Waals surface area contributed by atoms with Gasteiger partial charge in [-0.25, -0.2) is 0 Å². The molecule has 0 radical (unpaired) electrons. The Labute approximate surface area is 118 Å². The lowest BCUT2D eigenvalue weighted by Gasteiger charge is -2.26. The molecule has 0 spiro atoms. The summed E-state index contributed by atoms with van der Waals surface area (Å²) in [4.78, 5) is 11.9. The quantitative estimate of drug-likeness (QED) is 0.838. The van der Waals surface area contributed by atoms with E-state index in [1.807, 2.05) is 6.07 Å². The van der Waals surface area contributed by atoms with Gasteiger partial charge in [0.05, 0.1) is 12.5 Å². The van der Waals surface area contributed by atoms with Crippen molar-refractivity contribution in [3.05, 3.63) is 76.9 Å². The normalized spacial score (nSPS) is 20.4. The zero-order valence-electron chi connectivity index (χ0n) is 11.1. The van der Waals surface area contributed by atoms with Crippen LogP contribution in [-0.4, -0.2) is 5.91 Å². The number of fused-ring (bicyclic) bond motifs is 3. The number of benzene rings is 2. The van der Waals surface area contributed by atoms with E-state index in [9.17, 15) is 4.79 Å². The maximum atomic E-state index is 11.9. The van der Waals surface area contributed by atoms with Crippen molar-refractivity contribution in [1.82, 2.24) is 5.32 Å². The molecule has 1 N–H and O–H groups in total. The van der Waals surface area contributed by atoms with Crippen LogP contribution in [-0.2, 0) is 11.2 Å². The molecule has 1 aliphatic carbocycles. The van der Waals surface area contributed by atoms with Crippen molar-refractivity contribution < 1.29 is 4.79 Å². The summed E-state index contributed by atoms with van der Waals surface area (Å²) in [7, 11) is 0. The Bertz CT molecular complexity index is 715. The van der Waals surface area contributed by atoms with Gasteiger partial charge in [-0.05, 0) is 34.3 Å². The Balaban J connectivity index is 1.90. The molecule has 2 aromatic carbocycles. The Kier molecular flexibility index (Phi) is 2.49. The van der Waals surface area contributed by atoms with Crippen molar-refractivity contribution in [2.75, 3.05) is 0 Å². The lowest BCUT2D eigenvalue weighted by Crippen LogP contribution is -2.22. The standard InChI is InChI=1S/C18H15NO/c20-17-11-16-15(12-6-2-1-3-7-12)10-13-8-4-5-9-14(13)18(16)19-17/h1-9,18H,10-11H2,(H,19,20). The molecular formula is C18H15NO. The predicted octanol–water partition coefficient (Wildman–Crippen LogP) is 3.26. The molecule has 2 nitrogen and oxygen atoms in total. The number of carbonyl (C=O) groups excluding carboxylic acids is 1. The van der Waals surface area contributed by atoms with Crippen LogP contribution in [0.5, 0.6) is 0 Å². The summed E-state index contributed by atoms with van der Waals surface area (Å²) in [6, 6.07) is 18.9. The van der Waals surface area contributed by atoms with Crippen molar-refractivity contribution in [2.24, 2.45) is 0 Å². The average Bonchev–Trinajstić information content (AvgIpc) is 2.89. The van der Waals surface area contributed by atoms with Gasteiger partial charge in [0.1, 0.15) is 0 Å². The molecule has 2 aromatic rings. The molecule has 1 unspecified atom stereocenters. The topological polar surface area (TPSA) is 29.1 Å². The Morgan fingerprint density at radius 2 is 1.65 bits per heavy atom. The minimum Gasteiger partial charge on any atom is -0.345 e. The van der Waals surface area contributed by atoms with Gasteiger partial charge in [-0.2, -0.15) is 0 Å². The highest BCUT2D eigenvalue weighted by Crippen LogP contribution is 2.42. The smallest absolute Gasteiger partial charge is 0.224 e. The van der Waals surface area contributed by atoms with Crippen molar-refractivity contribution in [2.45, 2.75) is 18.9 Å². The number of rotatable bonds is 1. The molecule has 1 heterocycles. The first kappa shape index (κ1) is 11.5. The van der Waals surface area contributed by atoms with Gasteiger partial charge in [-0.3, -0.25) is 4.79 Å². The minimum absolute atomic E-state index is 0.0719. The molecule has 1 atom stereocenters. The van der Waals surface area contributed by atoms with Gasteiger partial charge >= 0.3 is 0 Å². The summed E-state index contributed by atoms with van der Waals surface area (Å²) < 4.78 is 0. The van der Waals surface area contributed by atoms with Gasteiger partial charge in [0.25, 0.3) is 0 Å². The third-order valence-corrected chi connectivity index (χ3v) is 4.25. The molecule has 1 aliphatic heterocycles. The van der Waals surface area contributed by atoms with Crippen LogP contribution >= 0.6 is 0 Å². The molecule has 4 rings (SSSR count). The van der Waals surface area contributed by atoms with Crippen LogP contribution in [0.1, 0.15) is 29.2 Å². The number of allylic oxidation sites excluding steroid dienone is 1. The van der Waals surface area contributed by atoms with E-state index < -0.39 is 0 Å². The molecule has 0 bridgehead atoms. The highest BCUT2D eigenvalue weighted by molar-refractivity contribution is 5.90. The summed E-state index contributed by atoms with van der Waals surface area (Å²) in [6.07, 6.45) is 1.45. The Morgan fingerprint density at radius 3 is 2.50 bits per heavy atom. The van der Waals surface area contributed by atoms with E-state index >= 15 is 0 Å². The van der Waals surface area contributed by atoms with E-state index in [0.29, 0.717) is 6.42 Å². The molecule has 1 saturated heterocycles. The monoisotopic (exact) mass is 261 g/mol. The number of carbonyl (C=O) groups is 1. The fraction of sp³-hybridized carbons (Fsp3) is 0.167. The van der Waals surface area contributed by atoms with Crippen LogP contribution in [0.3, 0.4) is 0 Å². The zero-order valence-corrected chi connectivity index (χ0v) is 11.1. The molecule has 1 fully saturated rings. The van der Waals surface area contributed by atoms with Crippen molar-refractivity contribution in [3.8, 4) is 0 Å². The molecule has 98 valence electrons. The summed E-state index contributed by atoms with van der Waals surface area (Å²) in [5, 5.41) is 3.11. The van der Waals surface area contributed by atoms with Crippen LogP contribution < -0.4 is 5.32 Å². The van der Waals surface area contributed by atoms with E-state index in [0.717, 1.165) is 6.42 Å². The second kappa shape index (κ2) is 4.34. The minimum atomic E-state index is 0.0719. The van der Waals surface area contributed by atoms with E-state index in [4.69, 9.17) is 0 Å². The van der Waals surface area contributed by atoms with E-state index in [1.165, 1.54) is 27.8 Å². The first-order chi connectivity index (χ1) is 9.83. The largest absolute Gasteiger partial charge is 0.345 e. The van der Waals surface area contributed by atoms with E-state index in [-0.39, 0.29) is 11.9 Å². The Hall–Kier alpha value is -2.35. The summed E-state index contributed by atoms with van der Waals surface area (Å²) in [6.45, 7) is 0. The highest BCUT2D eigenvalue weighted by atomic mass is 16.1. The molecule has 20 heavy (non-hydrogen) atoms.